The van der Waals surface area contributed by atoms with Gasteiger partial charge in [-0.05, 0) is 13.8 Å². The van der Waals surface area contributed by atoms with E-state index in [1.165, 1.54) is 13.8 Å². The molecule has 0 spiro atoms. The van der Waals surface area contributed by atoms with Crippen molar-refractivity contribution in [1.29, 1.82) is 0 Å². The van der Waals surface area contributed by atoms with Crippen molar-refractivity contribution in [2.75, 3.05) is 6.54 Å². The molecule has 5 nitrogen and oxygen atoms in total. The molecule has 0 fully saturated rings. The normalized spacial score (nSPS) is 12.5. The van der Waals surface area contributed by atoms with Crippen molar-refractivity contribution in [3.63, 3.8) is 0 Å². The van der Waals surface area contributed by atoms with E-state index in [1.54, 1.807) is 0 Å². The minimum Gasteiger partial charge on any atom is -0.314 e. The molecule has 0 atom stereocenters. The summed E-state index contributed by atoms with van der Waals surface area (Å²) in [5.41, 5.74) is -1.16. The summed E-state index contributed by atoms with van der Waals surface area (Å²) in [5.74, 6) is 0. The van der Waals surface area contributed by atoms with Crippen LogP contribution in [0.2, 0.25) is 0 Å². The van der Waals surface area contributed by atoms with E-state index >= 15 is 0 Å². The zero-order valence-corrected chi connectivity index (χ0v) is 7.05. The first-order valence-corrected chi connectivity index (χ1v) is 4.15. The van der Waals surface area contributed by atoms with Gasteiger partial charge in [-0.25, -0.2) is 10.8 Å². The molecule has 0 aliphatic heterocycles. The van der Waals surface area contributed by atoms with Gasteiger partial charge in [0.15, 0.2) is 5.60 Å². The SMILES string of the molecule is [C-]#[N+]CC(C)(C)OS(=O)(=O)O. The van der Waals surface area contributed by atoms with Gasteiger partial charge in [0.1, 0.15) is 0 Å². The first-order valence-electron chi connectivity index (χ1n) is 2.78. The number of nitrogens with zero attached hydrogens (tertiary/aromatic N) is 1. The summed E-state index contributed by atoms with van der Waals surface area (Å²) in [6, 6.07) is 0. The summed E-state index contributed by atoms with van der Waals surface area (Å²) in [7, 11) is -4.45. The van der Waals surface area contributed by atoms with Crippen molar-refractivity contribution in [2.45, 2.75) is 19.4 Å². The van der Waals surface area contributed by atoms with E-state index in [1.807, 2.05) is 0 Å². The molecule has 0 saturated heterocycles. The maximum absolute atomic E-state index is 10.2. The molecule has 0 saturated carbocycles. The number of hydrogen-bond donors (Lipinski definition) is 1. The second-order valence-electron chi connectivity index (χ2n) is 2.59. The Labute approximate surface area is 65.8 Å². The summed E-state index contributed by atoms with van der Waals surface area (Å²) >= 11 is 0. The molecule has 0 aliphatic carbocycles. The average molecular weight is 179 g/mol. The van der Waals surface area contributed by atoms with Crippen LogP contribution in [0.1, 0.15) is 13.8 Å². The molecule has 0 aromatic heterocycles. The molecule has 0 radical (unpaired) electrons. The molecule has 6 heteroatoms. The van der Waals surface area contributed by atoms with Crippen LogP contribution >= 0.6 is 0 Å². The van der Waals surface area contributed by atoms with Gasteiger partial charge in [-0.3, -0.25) is 4.55 Å². The third-order valence-corrected chi connectivity index (χ3v) is 1.45. The molecule has 1 N–H and O–H groups in total. The largest absolute Gasteiger partial charge is 0.398 e. The standard InChI is InChI=1S/C5H9NO4S/c1-5(2,4-6-3)10-11(7,8)9/h4H2,1-2H3,(H,7,8,9). The van der Waals surface area contributed by atoms with Gasteiger partial charge in [0.05, 0.1) is 0 Å². The summed E-state index contributed by atoms with van der Waals surface area (Å²) in [4.78, 5) is 2.94. The van der Waals surface area contributed by atoms with E-state index in [-0.39, 0.29) is 6.54 Å². The second-order valence-corrected chi connectivity index (χ2v) is 3.61. The summed E-state index contributed by atoms with van der Waals surface area (Å²) in [6.07, 6.45) is 0. The predicted molar refractivity (Wildman–Crippen MR) is 38.2 cm³/mol. The highest BCUT2D eigenvalue weighted by Gasteiger charge is 2.28. The molecule has 64 valence electrons. The Balaban J connectivity index is 4.27. The van der Waals surface area contributed by atoms with E-state index < -0.39 is 16.0 Å². The molecular formula is C5H9NO4S. The summed E-state index contributed by atoms with van der Waals surface area (Å²) in [6.45, 7) is 9.12. The lowest BCUT2D eigenvalue weighted by Gasteiger charge is -2.15. The Hall–Kier alpha value is -0.640. The van der Waals surface area contributed by atoms with Crippen molar-refractivity contribution >= 4 is 10.4 Å². The van der Waals surface area contributed by atoms with Crippen LogP contribution in [0.5, 0.6) is 0 Å². The van der Waals surface area contributed by atoms with Crippen molar-refractivity contribution in [1.82, 2.24) is 0 Å². The van der Waals surface area contributed by atoms with Crippen LogP contribution in [0.25, 0.3) is 4.85 Å². The Morgan fingerprint density at radius 3 is 2.36 bits per heavy atom. The first-order chi connectivity index (χ1) is 4.77. The topological polar surface area (TPSA) is 68.0 Å². The van der Waals surface area contributed by atoms with Crippen molar-refractivity contribution in [3.8, 4) is 0 Å². The maximum atomic E-state index is 10.2. The molecule has 0 aromatic carbocycles. The number of hydrogen-bond acceptors (Lipinski definition) is 3. The quantitative estimate of drug-likeness (QED) is 0.506. The third-order valence-electron chi connectivity index (χ3n) is 0.791. The van der Waals surface area contributed by atoms with Crippen molar-refractivity contribution < 1.29 is 17.2 Å². The summed E-state index contributed by atoms with van der Waals surface area (Å²) < 4.78 is 32.7. The van der Waals surface area contributed by atoms with Crippen LogP contribution in [0.4, 0.5) is 0 Å². The first kappa shape index (κ1) is 10.4. The van der Waals surface area contributed by atoms with Gasteiger partial charge in [0.2, 0.25) is 6.54 Å². The highest BCUT2D eigenvalue weighted by atomic mass is 32.3. The van der Waals surface area contributed by atoms with Crippen LogP contribution in [0, 0.1) is 6.57 Å². The van der Waals surface area contributed by atoms with Gasteiger partial charge in [-0.15, -0.1) is 0 Å². The van der Waals surface area contributed by atoms with Crippen LogP contribution in [-0.2, 0) is 14.6 Å². The van der Waals surface area contributed by atoms with Crippen LogP contribution in [0.3, 0.4) is 0 Å². The van der Waals surface area contributed by atoms with Gasteiger partial charge in [0.25, 0.3) is 0 Å². The van der Waals surface area contributed by atoms with Gasteiger partial charge < -0.3 is 4.85 Å². The van der Waals surface area contributed by atoms with Gasteiger partial charge >= 0.3 is 10.4 Å². The van der Waals surface area contributed by atoms with Crippen LogP contribution < -0.4 is 0 Å². The average Bonchev–Trinajstić information content (AvgIpc) is 1.55. The van der Waals surface area contributed by atoms with E-state index in [9.17, 15) is 8.42 Å². The molecule has 0 bridgehead atoms. The molecule has 0 aliphatic rings. The molecule has 0 aromatic rings. The zero-order valence-electron chi connectivity index (χ0n) is 6.23. The Kier molecular flexibility index (Phi) is 2.99. The Morgan fingerprint density at radius 1 is 1.64 bits per heavy atom. The molecule has 0 heterocycles. The lowest BCUT2D eigenvalue weighted by Crippen LogP contribution is -2.30. The van der Waals surface area contributed by atoms with Gasteiger partial charge in [-0.1, -0.05) is 0 Å². The highest BCUT2D eigenvalue weighted by molar-refractivity contribution is 7.80. The molecule has 0 amide bonds. The highest BCUT2D eigenvalue weighted by Crippen LogP contribution is 2.12. The fourth-order valence-corrected chi connectivity index (χ4v) is 1.12. The van der Waals surface area contributed by atoms with E-state index in [0.717, 1.165) is 0 Å². The minimum atomic E-state index is -4.45. The second kappa shape index (κ2) is 3.17. The van der Waals surface area contributed by atoms with Crippen molar-refractivity contribution in [3.05, 3.63) is 11.4 Å². The Morgan fingerprint density at radius 2 is 2.09 bits per heavy atom. The minimum absolute atomic E-state index is 0.118. The van der Waals surface area contributed by atoms with Gasteiger partial charge in [-0.2, -0.15) is 8.42 Å². The van der Waals surface area contributed by atoms with E-state index in [0.29, 0.717) is 0 Å². The van der Waals surface area contributed by atoms with Crippen molar-refractivity contribution in [2.24, 2.45) is 0 Å². The zero-order chi connectivity index (χ0) is 9.12. The predicted octanol–water partition coefficient (Wildman–Crippen LogP) is 0.504. The molecule has 0 unspecified atom stereocenters. The van der Waals surface area contributed by atoms with Crippen LogP contribution in [-0.4, -0.2) is 25.1 Å². The fourth-order valence-electron chi connectivity index (χ4n) is 0.502. The fraction of sp³-hybridized carbons (Fsp3) is 0.800. The summed E-state index contributed by atoms with van der Waals surface area (Å²) in [5, 5.41) is 0. The molecule has 11 heavy (non-hydrogen) atoms. The maximum Gasteiger partial charge on any atom is 0.398 e. The smallest absolute Gasteiger partial charge is 0.314 e. The molecule has 0 rings (SSSR count). The lowest BCUT2D eigenvalue weighted by atomic mass is 10.1. The lowest BCUT2D eigenvalue weighted by molar-refractivity contribution is 0.116. The third kappa shape index (κ3) is 5.79. The molecular weight excluding hydrogens is 170 g/mol. The van der Waals surface area contributed by atoms with Crippen LogP contribution in [0.15, 0.2) is 0 Å². The van der Waals surface area contributed by atoms with E-state index in [2.05, 4.69) is 9.03 Å². The number of rotatable bonds is 3. The van der Waals surface area contributed by atoms with E-state index in [4.69, 9.17) is 11.1 Å². The van der Waals surface area contributed by atoms with Gasteiger partial charge in [0, 0.05) is 0 Å². The monoisotopic (exact) mass is 179 g/mol. The Bertz CT molecular complexity index is 261.